The molecule has 2 aromatic rings. The molecule has 1 amide bonds. The van der Waals surface area contributed by atoms with E-state index >= 15 is 0 Å². The average molecular weight is 350 g/mol. The van der Waals surface area contributed by atoms with Gasteiger partial charge in [-0.05, 0) is 49.2 Å². The Labute approximate surface area is 155 Å². The average Bonchev–Trinajstić information content (AvgIpc) is 3.07. The second-order valence-electron chi connectivity index (χ2n) is 7.25. The van der Waals surface area contributed by atoms with Gasteiger partial charge in [0.25, 0.3) is 0 Å². The Morgan fingerprint density at radius 2 is 1.77 bits per heavy atom. The standard InChI is InChI=1S/C22H26N2O2/c25-22(15-18-6-2-1-3-7-18)24-12-13-26-21-9-8-19(14-20(21)17-24)16-23-10-4-5-11-23/h1-3,6-9,14H,4-5,10-13,15-17H2. The molecule has 26 heavy (non-hydrogen) atoms. The minimum absolute atomic E-state index is 0.164. The molecule has 0 aliphatic carbocycles. The van der Waals surface area contributed by atoms with Gasteiger partial charge < -0.3 is 9.64 Å². The van der Waals surface area contributed by atoms with Crippen LogP contribution in [0.3, 0.4) is 0 Å². The zero-order chi connectivity index (χ0) is 17.8. The van der Waals surface area contributed by atoms with E-state index in [-0.39, 0.29) is 5.91 Å². The Kier molecular flexibility index (Phi) is 5.21. The minimum Gasteiger partial charge on any atom is -0.491 e. The van der Waals surface area contributed by atoms with Crippen molar-refractivity contribution in [3.8, 4) is 5.75 Å². The van der Waals surface area contributed by atoms with E-state index in [4.69, 9.17) is 4.74 Å². The van der Waals surface area contributed by atoms with Gasteiger partial charge in [0.05, 0.1) is 13.0 Å². The Morgan fingerprint density at radius 1 is 0.962 bits per heavy atom. The summed E-state index contributed by atoms with van der Waals surface area (Å²) in [5, 5.41) is 0. The maximum absolute atomic E-state index is 12.8. The summed E-state index contributed by atoms with van der Waals surface area (Å²) < 4.78 is 5.90. The molecular weight excluding hydrogens is 324 g/mol. The Bertz CT molecular complexity index is 754. The molecule has 2 aromatic carbocycles. The van der Waals surface area contributed by atoms with Gasteiger partial charge in [0.2, 0.25) is 5.91 Å². The molecule has 0 spiro atoms. The second kappa shape index (κ2) is 7.92. The van der Waals surface area contributed by atoms with E-state index in [9.17, 15) is 4.79 Å². The summed E-state index contributed by atoms with van der Waals surface area (Å²) in [5.74, 6) is 1.09. The van der Waals surface area contributed by atoms with E-state index in [0.717, 1.165) is 23.4 Å². The molecule has 2 aliphatic rings. The van der Waals surface area contributed by atoms with Crippen LogP contribution in [-0.4, -0.2) is 41.9 Å². The molecule has 0 aromatic heterocycles. The summed E-state index contributed by atoms with van der Waals surface area (Å²) in [6.45, 7) is 5.20. The molecule has 136 valence electrons. The summed E-state index contributed by atoms with van der Waals surface area (Å²) in [5.41, 5.74) is 3.50. The van der Waals surface area contributed by atoms with E-state index < -0.39 is 0 Å². The Balaban J connectivity index is 1.46. The lowest BCUT2D eigenvalue weighted by Gasteiger charge is -2.20. The van der Waals surface area contributed by atoms with E-state index in [2.05, 4.69) is 23.1 Å². The van der Waals surface area contributed by atoms with Crippen LogP contribution in [0.25, 0.3) is 0 Å². The number of fused-ring (bicyclic) bond motifs is 1. The van der Waals surface area contributed by atoms with E-state index in [1.54, 1.807) is 0 Å². The number of benzene rings is 2. The zero-order valence-electron chi connectivity index (χ0n) is 15.2. The molecule has 2 heterocycles. The van der Waals surface area contributed by atoms with Gasteiger partial charge in [-0.2, -0.15) is 0 Å². The summed E-state index contributed by atoms with van der Waals surface area (Å²) in [7, 11) is 0. The van der Waals surface area contributed by atoms with Crippen molar-refractivity contribution in [1.29, 1.82) is 0 Å². The third kappa shape index (κ3) is 4.07. The first-order valence-electron chi connectivity index (χ1n) is 9.56. The summed E-state index contributed by atoms with van der Waals surface area (Å²) in [6, 6.07) is 16.4. The van der Waals surface area contributed by atoms with Gasteiger partial charge in [-0.15, -0.1) is 0 Å². The third-order valence-corrected chi connectivity index (χ3v) is 5.26. The predicted octanol–water partition coefficient (Wildman–Crippen LogP) is 3.25. The van der Waals surface area contributed by atoms with Crippen molar-refractivity contribution in [3.05, 3.63) is 65.2 Å². The summed E-state index contributed by atoms with van der Waals surface area (Å²) in [4.78, 5) is 17.2. The van der Waals surface area contributed by atoms with E-state index in [1.807, 2.05) is 35.2 Å². The third-order valence-electron chi connectivity index (χ3n) is 5.26. The van der Waals surface area contributed by atoms with Gasteiger partial charge in [0, 0.05) is 18.7 Å². The Morgan fingerprint density at radius 3 is 2.58 bits per heavy atom. The Hall–Kier alpha value is -2.33. The van der Waals surface area contributed by atoms with Crippen molar-refractivity contribution < 1.29 is 9.53 Å². The molecular formula is C22H26N2O2. The molecule has 0 radical (unpaired) electrons. The maximum Gasteiger partial charge on any atom is 0.227 e. The van der Waals surface area contributed by atoms with Crippen molar-refractivity contribution in [2.75, 3.05) is 26.2 Å². The quantitative estimate of drug-likeness (QED) is 0.849. The molecule has 2 aliphatic heterocycles. The fourth-order valence-corrected chi connectivity index (χ4v) is 3.84. The van der Waals surface area contributed by atoms with Crippen LogP contribution in [0, 0.1) is 0 Å². The first-order chi connectivity index (χ1) is 12.8. The van der Waals surface area contributed by atoms with Gasteiger partial charge in [-0.1, -0.05) is 36.4 Å². The number of amides is 1. The highest BCUT2D eigenvalue weighted by Crippen LogP contribution is 2.26. The van der Waals surface area contributed by atoms with Crippen LogP contribution in [0.4, 0.5) is 0 Å². The second-order valence-corrected chi connectivity index (χ2v) is 7.25. The van der Waals surface area contributed by atoms with Gasteiger partial charge in [-0.3, -0.25) is 9.69 Å². The van der Waals surface area contributed by atoms with E-state index in [0.29, 0.717) is 26.1 Å². The molecule has 4 rings (SSSR count). The van der Waals surface area contributed by atoms with Gasteiger partial charge in [0.1, 0.15) is 12.4 Å². The summed E-state index contributed by atoms with van der Waals surface area (Å²) >= 11 is 0. The largest absolute Gasteiger partial charge is 0.491 e. The predicted molar refractivity (Wildman–Crippen MR) is 102 cm³/mol. The van der Waals surface area contributed by atoms with Crippen molar-refractivity contribution >= 4 is 5.91 Å². The maximum atomic E-state index is 12.8. The number of rotatable bonds is 4. The minimum atomic E-state index is 0.164. The lowest BCUT2D eigenvalue weighted by Crippen LogP contribution is -2.33. The van der Waals surface area contributed by atoms with Crippen molar-refractivity contribution in [3.63, 3.8) is 0 Å². The van der Waals surface area contributed by atoms with Crippen LogP contribution in [-0.2, 0) is 24.3 Å². The zero-order valence-corrected chi connectivity index (χ0v) is 15.2. The molecule has 0 saturated carbocycles. The van der Waals surface area contributed by atoms with Gasteiger partial charge in [-0.25, -0.2) is 0 Å². The monoisotopic (exact) mass is 350 g/mol. The van der Waals surface area contributed by atoms with Crippen LogP contribution in [0.2, 0.25) is 0 Å². The SMILES string of the molecule is O=C(Cc1ccccc1)N1CCOc2ccc(CN3CCCC3)cc2C1. The highest BCUT2D eigenvalue weighted by molar-refractivity contribution is 5.79. The van der Waals surface area contributed by atoms with Crippen molar-refractivity contribution in [2.45, 2.75) is 32.4 Å². The lowest BCUT2D eigenvalue weighted by molar-refractivity contribution is -0.131. The van der Waals surface area contributed by atoms with Crippen LogP contribution in [0.15, 0.2) is 48.5 Å². The van der Waals surface area contributed by atoms with Crippen LogP contribution in [0.1, 0.15) is 29.5 Å². The lowest BCUT2D eigenvalue weighted by atomic mass is 10.1. The topological polar surface area (TPSA) is 32.8 Å². The molecule has 1 fully saturated rings. The number of carbonyl (C=O) groups is 1. The fourth-order valence-electron chi connectivity index (χ4n) is 3.84. The highest BCUT2D eigenvalue weighted by Gasteiger charge is 2.21. The molecule has 4 nitrogen and oxygen atoms in total. The summed E-state index contributed by atoms with van der Waals surface area (Å²) in [6.07, 6.45) is 3.05. The van der Waals surface area contributed by atoms with Crippen LogP contribution >= 0.6 is 0 Å². The smallest absolute Gasteiger partial charge is 0.227 e. The number of hydrogen-bond donors (Lipinski definition) is 0. The first kappa shape index (κ1) is 17.1. The number of ether oxygens (including phenoxy) is 1. The molecule has 0 bridgehead atoms. The van der Waals surface area contributed by atoms with Gasteiger partial charge >= 0.3 is 0 Å². The molecule has 1 saturated heterocycles. The number of carbonyl (C=O) groups excluding carboxylic acids is 1. The van der Waals surface area contributed by atoms with Crippen molar-refractivity contribution in [2.24, 2.45) is 0 Å². The van der Waals surface area contributed by atoms with Crippen LogP contribution in [0.5, 0.6) is 5.75 Å². The van der Waals surface area contributed by atoms with Crippen molar-refractivity contribution in [1.82, 2.24) is 9.80 Å². The normalized spacial score (nSPS) is 17.5. The number of hydrogen-bond acceptors (Lipinski definition) is 3. The van der Waals surface area contributed by atoms with E-state index in [1.165, 1.54) is 31.5 Å². The fraction of sp³-hybridized carbons (Fsp3) is 0.409. The highest BCUT2D eigenvalue weighted by atomic mass is 16.5. The molecule has 4 heteroatoms. The first-order valence-corrected chi connectivity index (χ1v) is 9.56. The number of likely N-dealkylation sites (tertiary alicyclic amines) is 1. The van der Waals surface area contributed by atoms with Crippen LogP contribution < -0.4 is 4.74 Å². The van der Waals surface area contributed by atoms with Gasteiger partial charge in [0.15, 0.2) is 0 Å². The number of nitrogens with zero attached hydrogens (tertiary/aromatic N) is 2. The molecule has 0 N–H and O–H groups in total. The molecule has 0 atom stereocenters. The molecule has 0 unspecified atom stereocenters.